The second-order valence-electron chi connectivity index (χ2n) is 7.40. The van der Waals surface area contributed by atoms with Gasteiger partial charge in [-0.05, 0) is 55.2 Å². The zero-order valence-corrected chi connectivity index (χ0v) is 18.0. The van der Waals surface area contributed by atoms with Crippen LogP contribution in [-0.4, -0.2) is 10.9 Å². The third-order valence-electron chi connectivity index (χ3n) is 5.46. The van der Waals surface area contributed by atoms with Crippen LogP contribution in [0, 0.1) is 13.8 Å². The molecule has 0 unspecified atom stereocenters. The third-order valence-corrected chi connectivity index (χ3v) is 5.71. The lowest BCUT2D eigenvalue weighted by Gasteiger charge is -2.17. The van der Waals surface area contributed by atoms with E-state index in [0.717, 1.165) is 51.0 Å². The zero-order chi connectivity index (χ0) is 21.3. The van der Waals surface area contributed by atoms with Crippen molar-refractivity contribution in [2.75, 3.05) is 5.32 Å². The summed E-state index contributed by atoms with van der Waals surface area (Å²) in [5.41, 5.74) is 7.07. The van der Waals surface area contributed by atoms with Crippen molar-refractivity contribution in [3.8, 4) is 11.3 Å². The van der Waals surface area contributed by atoms with Gasteiger partial charge < -0.3 is 5.32 Å². The molecule has 0 atom stereocenters. The quantitative estimate of drug-likeness (QED) is 0.391. The molecule has 0 spiro atoms. The van der Waals surface area contributed by atoms with Crippen LogP contribution >= 0.6 is 11.6 Å². The molecule has 0 saturated heterocycles. The second kappa shape index (κ2) is 8.29. The van der Waals surface area contributed by atoms with Crippen molar-refractivity contribution in [3.05, 3.63) is 94.0 Å². The van der Waals surface area contributed by atoms with E-state index in [9.17, 15) is 4.79 Å². The van der Waals surface area contributed by atoms with Crippen LogP contribution < -0.4 is 5.32 Å². The molecular weight excluding hydrogens is 392 g/mol. The van der Waals surface area contributed by atoms with Crippen molar-refractivity contribution in [1.29, 1.82) is 0 Å². The van der Waals surface area contributed by atoms with E-state index in [0.29, 0.717) is 10.6 Å². The number of aryl methyl sites for hydroxylation is 2. The number of amides is 1. The molecule has 0 fully saturated rings. The average Bonchev–Trinajstić information content (AvgIpc) is 2.75. The number of benzene rings is 3. The molecule has 0 saturated carbocycles. The van der Waals surface area contributed by atoms with Gasteiger partial charge in [0.2, 0.25) is 0 Å². The number of carbonyl (C=O) groups excluding carboxylic acids is 1. The van der Waals surface area contributed by atoms with E-state index in [1.807, 2.05) is 74.5 Å². The predicted octanol–water partition coefficient (Wildman–Crippen LogP) is 6.99. The van der Waals surface area contributed by atoms with Crippen molar-refractivity contribution in [3.63, 3.8) is 0 Å². The van der Waals surface area contributed by atoms with Crippen molar-refractivity contribution in [2.24, 2.45) is 0 Å². The summed E-state index contributed by atoms with van der Waals surface area (Å²) in [7, 11) is 0. The van der Waals surface area contributed by atoms with E-state index in [4.69, 9.17) is 16.6 Å². The molecule has 0 aliphatic rings. The number of halogens is 1. The van der Waals surface area contributed by atoms with Gasteiger partial charge in [-0.3, -0.25) is 4.79 Å². The van der Waals surface area contributed by atoms with Crippen LogP contribution in [-0.2, 0) is 6.42 Å². The lowest BCUT2D eigenvalue weighted by atomic mass is 9.96. The normalized spacial score (nSPS) is 10.9. The molecule has 4 heteroatoms. The topological polar surface area (TPSA) is 42.0 Å². The fourth-order valence-electron chi connectivity index (χ4n) is 3.87. The Morgan fingerprint density at radius 2 is 1.70 bits per heavy atom. The summed E-state index contributed by atoms with van der Waals surface area (Å²) in [5.74, 6) is -0.120. The molecule has 1 aromatic heterocycles. The Bertz CT molecular complexity index is 1250. The molecule has 0 aliphatic carbocycles. The molecule has 0 bridgehead atoms. The molecule has 0 radical (unpaired) electrons. The standard InChI is InChI=1S/C26H23ClN2O/c1-4-18-9-7-8-16(2)24(18)29-26(30)23-17(3)25(19-12-14-20(27)15-13-19)28-22-11-6-5-10-21(22)23/h5-15H,4H2,1-3H3,(H,29,30). The van der Waals surface area contributed by atoms with Gasteiger partial charge in [-0.2, -0.15) is 0 Å². The van der Waals surface area contributed by atoms with E-state index < -0.39 is 0 Å². The van der Waals surface area contributed by atoms with Crippen LogP contribution in [0.1, 0.15) is 34.0 Å². The monoisotopic (exact) mass is 414 g/mol. The summed E-state index contributed by atoms with van der Waals surface area (Å²) in [4.78, 5) is 18.4. The van der Waals surface area contributed by atoms with Crippen molar-refractivity contribution in [2.45, 2.75) is 27.2 Å². The molecular formula is C26H23ClN2O. The number of hydrogen-bond acceptors (Lipinski definition) is 2. The highest BCUT2D eigenvalue weighted by atomic mass is 35.5. The highest BCUT2D eigenvalue weighted by molar-refractivity contribution is 6.30. The van der Waals surface area contributed by atoms with Crippen LogP contribution in [0.2, 0.25) is 5.02 Å². The molecule has 4 aromatic rings. The first-order valence-corrected chi connectivity index (χ1v) is 10.4. The fraction of sp³-hybridized carbons (Fsp3) is 0.154. The fourth-order valence-corrected chi connectivity index (χ4v) is 3.99. The summed E-state index contributed by atoms with van der Waals surface area (Å²) in [6.45, 7) is 6.07. The lowest BCUT2D eigenvalue weighted by molar-refractivity contribution is 0.102. The minimum Gasteiger partial charge on any atom is -0.321 e. The molecule has 150 valence electrons. The van der Waals surface area contributed by atoms with Gasteiger partial charge in [-0.1, -0.05) is 67.1 Å². The Balaban J connectivity index is 1.89. The Labute approximate surface area is 181 Å². The van der Waals surface area contributed by atoms with Gasteiger partial charge in [0.25, 0.3) is 5.91 Å². The third kappa shape index (κ3) is 3.69. The zero-order valence-electron chi connectivity index (χ0n) is 17.3. The summed E-state index contributed by atoms with van der Waals surface area (Å²) in [5, 5.41) is 4.69. The Kier molecular flexibility index (Phi) is 5.56. The van der Waals surface area contributed by atoms with Gasteiger partial charge in [0.05, 0.1) is 16.8 Å². The average molecular weight is 415 g/mol. The van der Waals surface area contributed by atoms with Crippen LogP contribution in [0.15, 0.2) is 66.7 Å². The van der Waals surface area contributed by atoms with E-state index in [2.05, 4.69) is 18.3 Å². The Morgan fingerprint density at radius 1 is 0.967 bits per heavy atom. The molecule has 3 nitrogen and oxygen atoms in total. The molecule has 1 heterocycles. The minimum absolute atomic E-state index is 0.120. The van der Waals surface area contributed by atoms with Crippen LogP contribution in [0.25, 0.3) is 22.2 Å². The molecule has 1 N–H and O–H groups in total. The first-order valence-electron chi connectivity index (χ1n) is 10.0. The summed E-state index contributed by atoms with van der Waals surface area (Å²) < 4.78 is 0. The molecule has 1 amide bonds. The summed E-state index contributed by atoms with van der Waals surface area (Å²) >= 11 is 6.06. The van der Waals surface area contributed by atoms with Gasteiger partial charge in [0.15, 0.2) is 0 Å². The van der Waals surface area contributed by atoms with E-state index in [1.54, 1.807) is 0 Å². The first-order chi connectivity index (χ1) is 14.5. The number of anilines is 1. The summed E-state index contributed by atoms with van der Waals surface area (Å²) in [6.07, 6.45) is 0.851. The lowest BCUT2D eigenvalue weighted by Crippen LogP contribution is -2.17. The maximum absolute atomic E-state index is 13.5. The van der Waals surface area contributed by atoms with Crippen molar-refractivity contribution >= 4 is 34.1 Å². The van der Waals surface area contributed by atoms with Gasteiger partial charge in [-0.15, -0.1) is 0 Å². The summed E-state index contributed by atoms with van der Waals surface area (Å²) in [6, 6.07) is 21.4. The van der Waals surface area contributed by atoms with Crippen LogP contribution in [0.5, 0.6) is 0 Å². The highest BCUT2D eigenvalue weighted by Gasteiger charge is 2.20. The Hall–Kier alpha value is -3.17. The van der Waals surface area contributed by atoms with Gasteiger partial charge in [0, 0.05) is 21.7 Å². The number of nitrogens with zero attached hydrogens (tertiary/aromatic N) is 1. The molecule has 3 aromatic carbocycles. The van der Waals surface area contributed by atoms with E-state index >= 15 is 0 Å². The number of para-hydroxylation sites is 2. The van der Waals surface area contributed by atoms with Crippen LogP contribution in [0.4, 0.5) is 5.69 Å². The van der Waals surface area contributed by atoms with E-state index in [-0.39, 0.29) is 5.91 Å². The largest absolute Gasteiger partial charge is 0.321 e. The van der Waals surface area contributed by atoms with E-state index in [1.165, 1.54) is 0 Å². The SMILES string of the molecule is CCc1cccc(C)c1NC(=O)c1c(C)c(-c2ccc(Cl)cc2)nc2ccccc12. The number of nitrogens with one attached hydrogen (secondary N) is 1. The Morgan fingerprint density at radius 3 is 2.43 bits per heavy atom. The molecule has 4 rings (SSSR count). The van der Waals surface area contributed by atoms with Gasteiger partial charge >= 0.3 is 0 Å². The molecule has 30 heavy (non-hydrogen) atoms. The van der Waals surface area contributed by atoms with Gasteiger partial charge in [0.1, 0.15) is 0 Å². The number of rotatable bonds is 4. The number of pyridine rings is 1. The first kappa shape index (κ1) is 20.1. The number of hydrogen-bond donors (Lipinski definition) is 1. The maximum Gasteiger partial charge on any atom is 0.256 e. The highest BCUT2D eigenvalue weighted by Crippen LogP contribution is 2.31. The van der Waals surface area contributed by atoms with Crippen molar-refractivity contribution < 1.29 is 4.79 Å². The molecule has 0 aliphatic heterocycles. The number of carbonyl (C=O) groups is 1. The number of aromatic nitrogens is 1. The smallest absolute Gasteiger partial charge is 0.256 e. The minimum atomic E-state index is -0.120. The van der Waals surface area contributed by atoms with Gasteiger partial charge in [-0.25, -0.2) is 4.98 Å². The number of fused-ring (bicyclic) bond motifs is 1. The van der Waals surface area contributed by atoms with Crippen molar-refractivity contribution in [1.82, 2.24) is 4.98 Å². The predicted molar refractivity (Wildman–Crippen MR) is 125 cm³/mol. The second-order valence-corrected chi connectivity index (χ2v) is 7.84. The van der Waals surface area contributed by atoms with Crippen LogP contribution in [0.3, 0.4) is 0 Å². The maximum atomic E-state index is 13.5.